The lowest BCUT2D eigenvalue weighted by Crippen LogP contribution is -2.66. The minimum absolute atomic E-state index is 0.0899. The number of hydrogen-bond acceptors (Lipinski definition) is 2. The van der Waals surface area contributed by atoms with Crippen LogP contribution in [0.1, 0.15) is 50.7 Å². The molecule has 2 N–H and O–H groups in total. The molecule has 0 saturated carbocycles. The van der Waals surface area contributed by atoms with E-state index in [1.54, 1.807) is 0 Å². The lowest BCUT2D eigenvalue weighted by Gasteiger charge is -2.48. The molecule has 0 spiro atoms. The molecule has 0 bridgehead atoms. The maximum absolute atomic E-state index is 6.28. The fraction of sp³-hybridized carbons (Fsp3) is 0.625. The normalized spacial score (nSPS) is 18.9. The van der Waals surface area contributed by atoms with Crippen molar-refractivity contribution in [2.45, 2.75) is 51.6 Å². The predicted molar refractivity (Wildman–Crippen MR) is 77.6 cm³/mol. The molecular formula is C16H26N2. The first kappa shape index (κ1) is 13.6. The van der Waals surface area contributed by atoms with Gasteiger partial charge in [0.15, 0.2) is 0 Å². The van der Waals surface area contributed by atoms with Crippen LogP contribution < -0.4 is 5.73 Å². The first-order chi connectivity index (χ1) is 8.52. The van der Waals surface area contributed by atoms with Gasteiger partial charge in [0, 0.05) is 25.2 Å². The maximum Gasteiger partial charge on any atom is 0.0412 e. The molecule has 2 nitrogen and oxygen atoms in total. The van der Waals surface area contributed by atoms with Gasteiger partial charge in [0.2, 0.25) is 0 Å². The van der Waals surface area contributed by atoms with Crippen LogP contribution in [0.2, 0.25) is 0 Å². The van der Waals surface area contributed by atoms with E-state index in [4.69, 9.17) is 5.73 Å². The third-order valence-corrected chi connectivity index (χ3v) is 3.88. The number of benzene rings is 1. The van der Waals surface area contributed by atoms with E-state index in [0.717, 1.165) is 26.1 Å². The molecule has 0 atom stereocenters. The monoisotopic (exact) mass is 246 g/mol. The highest BCUT2D eigenvalue weighted by atomic mass is 15.2. The van der Waals surface area contributed by atoms with Crippen molar-refractivity contribution in [2.24, 2.45) is 5.73 Å². The van der Waals surface area contributed by atoms with Crippen molar-refractivity contribution >= 4 is 0 Å². The minimum Gasteiger partial charge on any atom is -0.323 e. The quantitative estimate of drug-likeness (QED) is 0.865. The molecular weight excluding hydrogens is 220 g/mol. The zero-order valence-corrected chi connectivity index (χ0v) is 11.9. The second kappa shape index (κ2) is 5.41. The van der Waals surface area contributed by atoms with Crippen LogP contribution in [0.5, 0.6) is 0 Å². The van der Waals surface area contributed by atoms with Gasteiger partial charge in [-0.05, 0) is 23.5 Å². The maximum atomic E-state index is 6.28. The highest BCUT2D eigenvalue weighted by Crippen LogP contribution is 2.25. The summed E-state index contributed by atoms with van der Waals surface area (Å²) >= 11 is 0. The molecule has 0 unspecified atom stereocenters. The summed E-state index contributed by atoms with van der Waals surface area (Å²) in [5, 5.41) is 0. The molecule has 2 rings (SSSR count). The second-order valence-corrected chi connectivity index (χ2v) is 6.15. The van der Waals surface area contributed by atoms with Crippen molar-refractivity contribution < 1.29 is 0 Å². The molecule has 0 aliphatic carbocycles. The Morgan fingerprint density at radius 3 is 2.33 bits per heavy atom. The van der Waals surface area contributed by atoms with Gasteiger partial charge in [-0.3, -0.25) is 4.90 Å². The van der Waals surface area contributed by atoms with Crippen molar-refractivity contribution in [1.29, 1.82) is 0 Å². The van der Waals surface area contributed by atoms with Crippen molar-refractivity contribution in [1.82, 2.24) is 4.90 Å². The van der Waals surface area contributed by atoms with Gasteiger partial charge < -0.3 is 5.73 Å². The van der Waals surface area contributed by atoms with E-state index in [2.05, 4.69) is 49.9 Å². The first-order valence-electron chi connectivity index (χ1n) is 7.12. The summed E-state index contributed by atoms with van der Waals surface area (Å²) in [5.74, 6) is 0.615. The Balaban J connectivity index is 1.85. The summed E-state index contributed by atoms with van der Waals surface area (Å²) < 4.78 is 0. The number of nitrogens with two attached hydrogens (primary N) is 1. The molecule has 0 aromatic heterocycles. The third kappa shape index (κ3) is 3.12. The van der Waals surface area contributed by atoms with Crippen LogP contribution in [0, 0.1) is 0 Å². The summed E-state index contributed by atoms with van der Waals surface area (Å²) in [7, 11) is 0. The van der Waals surface area contributed by atoms with Gasteiger partial charge in [0.25, 0.3) is 0 Å². The van der Waals surface area contributed by atoms with E-state index in [-0.39, 0.29) is 5.54 Å². The van der Waals surface area contributed by atoms with Gasteiger partial charge in [-0.15, -0.1) is 0 Å². The van der Waals surface area contributed by atoms with Gasteiger partial charge in [0.1, 0.15) is 0 Å². The summed E-state index contributed by atoms with van der Waals surface area (Å²) in [6.07, 6.45) is 2.34. The molecule has 1 aromatic rings. The lowest BCUT2D eigenvalue weighted by atomic mass is 9.86. The second-order valence-electron chi connectivity index (χ2n) is 6.15. The Bertz CT molecular complexity index is 375. The minimum atomic E-state index is 0.0899. The standard InChI is InChI=1S/C16H26N2/c1-4-9-16(17)11-18(12-16)10-14-5-7-15(8-6-14)13(2)3/h5-8,13H,4,9-12,17H2,1-3H3. The Morgan fingerprint density at radius 2 is 1.83 bits per heavy atom. The highest BCUT2D eigenvalue weighted by molar-refractivity contribution is 5.25. The van der Waals surface area contributed by atoms with Crippen LogP contribution in [-0.4, -0.2) is 23.5 Å². The summed E-state index contributed by atoms with van der Waals surface area (Å²) in [5.41, 5.74) is 9.19. The Hall–Kier alpha value is -0.860. The molecule has 1 aliphatic rings. The molecule has 1 heterocycles. The zero-order chi connectivity index (χ0) is 13.2. The molecule has 1 saturated heterocycles. The SMILES string of the molecule is CCCC1(N)CN(Cc2ccc(C(C)C)cc2)C1. The van der Waals surface area contributed by atoms with Gasteiger partial charge in [-0.25, -0.2) is 0 Å². The third-order valence-electron chi connectivity index (χ3n) is 3.88. The molecule has 0 amide bonds. The van der Waals surface area contributed by atoms with Crippen LogP contribution in [0.3, 0.4) is 0 Å². The fourth-order valence-electron chi connectivity index (χ4n) is 2.88. The van der Waals surface area contributed by atoms with Crippen LogP contribution in [0.4, 0.5) is 0 Å². The number of likely N-dealkylation sites (tertiary alicyclic amines) is 1. The fourth-order valence-corrected chi connectivity index (χ4v) is 2.88. The molecule has 18 heavy (non-hydrogen) atoms. The van der Waals surface area contributed by atoms with E-state index in [1.807, 2.05) is 0 Å². The molecule has 2 heteroatoms. The van der Waals surface area contributed by atoms with E-state index in [9.17, 15) is 0 Å². The number of nitrogens with zero attached hydrogens (tertiary/aromatic N) is 1. The van der Waals surface area contributed by atoms with Crippen LogP contribution >= 0.6 is 0 Å². The van der Waals surface area contributed by atoms with E-state index in [0.29, 0.717) is 5.92 Å². The van der Waals surface area contributed by atoms with E-state index < -0.39 is 0 Å². The van der Waals surface area contributed by atoms with Crippen LogP contribution in [-0.2, 0) is 6.54 Å². The number of rotatable bonds is 5. The molecule has 100 valence electrons. The molecule has 1 fully saturated rings. The van der Waals surface area contributed by atoms with Crippen molar-refractivity contribution in [2.75, 3.05) is 13.1 Å². The summed E-state index contributed by atoms with van der Waals surface area (Å²) in [4.78, 5) is 2.44. The summed E-state index contributed by atoms with van der Waals surface area (Å²) in [6.45, 7) is 9.82. The average molecular weight is 246 g/mol. The van der Waals surface area contributed by atoms with Gasteiger partial charge >= 0.3 is 0 Å². The predicted octanol–water partition coefficient (Wildman–Crippen LogP) is 3.12. The van der Waals surface area contributed by atoms with Crippen molar-refractivity contribution in [3.05, 3.63) is 35.4 Å². The Kier molecular flexibility index (Phi) is 4.08. The van der Waals surface area contributed by atoms with E-state index in [1.165, 1.54) is 17.5 Å². The summed E-state index contributed by atoms with van der Waals surface area (Å²) in [6, 6.07) is 9.01. The van der Waals surface area contributed by atoms with Gasteiger partial charge in [0.05, 0.1) is 0 Å². The molecule has 1 aromatic carbocycles. The van der Waals surface area contributed by atoms with Crippen molar-refractivity contribution in [3.63, 3.8) is 0 Å². The van der Waals surface area contributed by atoms with Gasteiger partial charge in [-0.1, -0.05) is 51.5 Å². The average Bonchev–Trinajstić information content (AvgIpc) is 2.28. The largest absolute Gasteiger partial charge is 0.323 e. The van der Waals surface area contributed by atoms with Crippen molar-refractivity contribution in [3.8, 4) is 0 Å². The number of hydrogen-bond donors (Lipinski definition) is 1. The first-order valence-corrected chi connectivity index (χ1v) is 7.12. The highest BCUT2D eigenvalue weighted by Gasteiger charge is 2.37. The zero-order valence-electron chi connectivity index (χ0n) is 11.9. The topological polar surface area (TPSA) is 29.3 Å². The lowest BCUT2D eigenvalue weighted by molar-refractivity contribution is 0.0567. The van der Waals surface area contributed by atoms with E-state index >= 15 is 0 Å². The van der Waals surface area contributed by atoms with Crippen LogP contribution in [0.25, 0.3) is 0 Å². The molecule has 1 aliphatic heterocycles. The smallest absolute Gasteiger partial charge is 0.0412 e. The Morgan fingerprint density at radius 1 is 1.22 bits per heavy atom. The van der Waals surface area contributed by atoms with Crippen LogP contribution in [0.15, 0.2) is 24.3 Å². The Labute approximate surface area is 111 Å². The van der Waals surface area contributed by atoms with Gasteiger partial charge in [-0.2, -0.15) is 0 Å². The molecule has 0 radical (unpaired) electrons.